The molecule has 0 aromatic heterocycles. The molecule has 1 aliphatic heterocycles. The molecule has 0 bridgehead atoms. The van der Waals surface area contributed by atoms with Crippen molar-refractivity contribution in [1.29, 1.82) is 0 Å². The molecule has 1 fully saturated rings. The Balaban J connectivity index is 2.28. The maximum Gasteiger partial charge on any atom is 0.257 e. The quantitative estimate of drug-likeness (QED) is 0.792. The van der Waals surface area contributed by atoms with Gasteiger partial charge in [0.1, 0.15) is 0 Å². The van der Waals surface area contributed by atoms with Crippen LogP contribution in [0.4, 0.5) is 8.78 Å². The number of nitrogens with zero attached hydrogens (tertiary/aromatic N) is 1. The van der Waals surface area contributed by atoms with E-state index in [4.69, 9.17) is 0 Å². The molecule has 0 radical (unpaired) electrons. The van der Waals surface area contributed by atoms with E-state index in [-0.39, 0.29) is 11.6 Å². The molecule has 0 spiro atoms. The molecule has 1 amide bonds. The minimum atomic E-state index is -1.04. The van der Waals surface area contributed by atoms with Crippen LogP contribution in [-0.2, 0) is 0 Å². The van der Waals surface area contributed by atoms with Crippen LogP contribution < -0.4 is 0 Å². The number of benzene rings is 1. The number of rotatable bonds is 2. The molecule has 1 atom stereocenters. The molecule has 0 saturated carbocycles. The molecule has 0 N–H and O–H groups in total. The van der Waals surface area contributed by atoms with Gasteiger partial charge in [-0.15, -0.1) is 0 Å². The predicted octanol–water partition coefficient (Wildman–Crippen LogP) is 3.23. The van der Waals surface area contributed by atoms with Crippen molar-refractivity contribution in [1.82, 2.24) is 4.90 Å². The minimum absolute atomic E-state index is 0.125. The first kappa shape index (κ1) is 13.0. The van der Waals surface area contributed by atoms with Crippen LogP contribution in [0.1, 0.15) is 37.0 Å². The first-order chi connectivity index (χ1) is 8.52. The van der Waals surface area contributed by atoms with Crippen molar-refractivity contribution in [2.75, 3.05) is 6.54 Å². The molecule has 0 aliphatic carbocycles. The topological polar surface area (TPSA) is 20.3 Å². The van der Waals surface area contributed by atoms with Gasteiger partial charge < -0.3 is 4.90 Å². The van der Waals surface area contributed by atoms with Crippen molar-refractivity contribution in [3.05, 3.63) is 35.4 Å². The van der Waals surface area contributed by atoms with E-state index < -0.39 is 17.5 Å². The van der Waals surface area contributed by atoms with Crippen LogP contribution in [0.3, 0.4) is 0 Å². The lowest BCUT2D eigenvalue weighted by molar-refractivity contribution is 0.0695. The van der Waals surface area contributed by atoms with Crippen LogP contribution in [0, 0.1) is 17.6 Å². The molecular formula is C14H17F2NO. The van der Waals surface area contributed by atoms with Gasteiger partial charge in [-0.25, -0.2) is 8.78 Å². The SMILES string of the molecule is CC(C)C1CCCN1C(=O)c1cccc(F)c1F. The maximum atomic E-state index is 13.6. The first-order valence-electron chi connectivity index (χ1n) is 6.27. The highest BCUT2D eigenvalue weighted by molar-refractivity contribution is 5.94. The van der Waals surface area contributed by atoms with Crippen LogP contribution in [-0.4, -0.2) is 23.4 Å². The summed E-state index contributed by atoms with van der Waals surface area (Å²) < 4.78 is 26.7. The number of carbonyl (C=O) groups excluding carboxylic acids is 1. The lowest BCUT2D eigenvalue weighted by Gasteiger charge is -2.27. The summed E-state index contributed by atoms with van der Waals surface area (Å²) in [4.78, 5) is 13.9. The molecule has 98 valence electrons. The Hall–Kier alpha value is -1.45. The molecule has 1 heterocycles. The smallest absolute Gasteiger partial charge is 0.257 e. The summed E-state index contributed by atoms with van der Waals surface area (Å²) in [6, 6.07) is 3.86. The Morgan fingerprint density at radius 3 is 2.78 bits per heavy atom. The summed E-state index contributed by atoms with van der Waals surface area (Å²) in [5.41, 5.74) is -0.164. The van der Waals surface area contributed by atoms with E-state index >= 15 is 0 Å². The highest BCUT2D eigenvalue weighted by atomic mass is 19.2. The number of hydrogen-bond donors (Lipinski definition) is 0. The zero-order chi connectivity index (χ0) is 13.3. The highest BCUT2D eigenvalue weighted by Gasteiger charge is 2.32. The van der Waals surface area contributed by atoms with Gasteiger partial charge in [0.15, 0.2) is 11.6 Å². The molecule has 1 unspecified atom stereocenters. The third kappa shape index (κ3) is 2.24. The molecule has 18 heavy (non-hydrogen) atoms. The van der Waals surface area contributed by atoms with Gasteiger partial charge in [0.25, 0.3) is 5.91 Å². The number of carbonyl (C=O) groups is 1. The standard InChI is InChI=1S/C14H17F2NO/c1-9(2)12-7-4-8-17(12)14(18)10-5-3-6-11(15)13(10)16/h3,5-6,9,12H,4,7-8H2,1-2H3. The van der Waals surface area contributed by atoms with E-state index in [0.717, 1.165) is 18.9 Å². The number of amides is 1. The Morgan fingerprint density at radius 1 is 1.39 bits per heavy atom. The third-order valence-corrected chi connectivity index (χ3v) is 3.51. The predicted molar refractivity (Wildman–Crippen MR) is 65.3 cm³/mol. The van der Waals surface area contributed by atoms with Gasteiger partial charge in [-0.3, -0.25) is 4.79 Å². The summed E-state index contributed by atoms with van der Waals surface area (Å²) in [7, 11) is 0. The molecule has 4 heteroatoms. The highest BCUT2D eigenvalue weighted by Crippen LogP contribution is 2.26. The first-order valence-corrected chi connectivity index (χ1v) is 6.27. The van der Waals surface area contributed by atoms with Crippen LogP contribution in [0.2, 0.25) is 0 Å². The molecule has 1 aromatic rings. The van der Waals surface area contributed by atoms with Crippen LogP contribution >= 0.6 is 0 Å². The van der Waals surface area contributed by atoms with E-state index in [1.165, 1.54) is 12.1 Å². The summed E-state index contributed by atoms with van der Waals surface area (Å²) in [5, 5.41) is 0. The molecule has 1 aliphatic rings. The van der Waals surface area contributed by atoms with Crippen molar-refractivity contribution >= 4 is 5.91 Å². The lowest BCUT2D eigenvalue weighted by atomic mass is 10.0. The maximum absolute atomic E-state index is 13.6. The van der Waals surface area contributed by atoms with Gasteiger partial charge in [0.05, 0.1) is 5.56 Å². The van der Waals surface area contributed by atoms with Gasteiger partial charge in [-0.1, -0.05) is 19.9 Å². The number of hydrogen-bond acceptors (Lipinski definition) is 1. The van der Waals surface area contributed by atoms with Crippen LogP contribution in [0.5, 0.6) is 0 Å². The van der Waals surface area contributed by atoms with Crippen LogP contribution in [0.25, 0.3) is 0 Å². The molecule has 1 saturated heterocycles. The number of likely N-dealkylation sites (tertiary alicyclic amines) is 1. The Kier molecular flexibility index (Phi) is 3.64. The van der Waals surface area contributed by atoms with Gasteiger partial charge in [0, 0.05) is 12.6 Å². The summed E-state index contributed by atoms with van der Waals surface area (Å²) >= 11 is 0. The lowest BCUT2D eigenvalue weighted by Crippen LogP contribution is -2.39. The molecular weight excluding hydrogens is 236 g/mol. The minimum Gasteiger partial charge on any atom is -0.335 e. The Morgan fingerprint density at radius 2 is 2.11 bits per heavy atom. The monoisotopic (exact) mass is 253 g/mol. The summed E-state index contributed by atoms with van der Waals surface area (Å²) in [6.07, 6.45) is 1.85. The van der Waals surface area contributed by atoms with Crippen LogP contribution in [0.15, 0.2) is 18.2 Å². The van der Waals surface area contributed by atoms with Gasteiger partial charge in [-0.2, -0.15) is 0 Å². The summed E-state index contributed by atoms with van der Waals surface area (Å²) in [5.74, 6) is -2.09. The number of halogens is 2. The fourth-order valence-electron chi connectivity index (χ4n) is 2.56. The average molecular weight is 253 g/mol. The zero-order valence-electron chi connectivity index (χ0n) is 10.6. The van der Waals surface area contributed by atoms with Gasteiger partial charge in [0.2, 0.25) is 0 Å². The van der Waals surface area contributed by atoms with Crippen molar-refractivity contribution in [3.63, 3.8) is 0 Å². The molecule has 1 aromatic carbocycles. The second-order valence-corrected chi connectivity index (χ2v) is 5.05. The fourth-order valence-corrected chi connectivity index (χ4v) is 2.56. The molecule has 2 nitrogen and oxygen atoms in total. The second kappa shape index (κ2) is 5.04. The van der Waals surface area contributed by atoms with Gasteiger partial charge >= 0.3 is 0 Å². The third-order valence-electron chi connectivity index (χ3n) is 3.51. The van der Waals surface area contributed by atoms with Gasteiger partial charge in [-0.05, 0) is 30.9 Å². The van der Waals surface area contributed by atoms with Crippen molar-refractivity contribution in [3.8, 4) is 0 Å². The van der Waals surface area contributed by atoms with E-state index in [0.29, 0.717) is 12.5 Å². The molecule has 2 rings (SSSR count). The Bertz CT molecular complexity index is 459. The average Bonchev–Trinajstić information content (AvgIpc) is 2.81. The summed E-state index contributed by atoms with van der Waals surface area (Å²) in [6.45, 7) is 4.70. The Labute approximate surface area is 106 Å². The largest absolute Gasteiger partial charge is 0.335 e. The fraction of sp³-hybridized carbons (Fsp3) is 0.500. The van der Waals surface area contributed by atoms with Crippen molar-refractivity contribution in [2.45, 2.75) is 32.7 Å². The van der Waals surface area contributed by atoms with E-state index in [9.17, 15) is 13.6 Å². The second-order valence-electron chi connectivity index (χ2n) is 5.05. The van der Waals surface area contributed by atoms with Crippen molar-refractivity contribution in [2.24, 2.45) is 5.92 Å². The van der Waals surface area contributed by atoms with E-state index in [1.807, 2.05) is 13.8 Å². The normalized spacial score (nSPS) is 19.6. The zero-order valence-corrected chi connectivity index (χ0v) is 10.6. The van der Waals surface area contributed by atoms with Crippen molar-refractivity contribution < 1.29 is 13.6 Å². The van der Waals surface area contributed by atoms with E-state index in [2.05, 4.69) is 0 Å². The van der Waals surface area contributed by atoms with E-state index in [1.54, 1.807) is 4.90 Å².